The van der Waals surface area contributed by atoms with Gasteiger partial charge in [0, 0.05) is 13.1 Å². The van der Waals surface area contributed by atoms with E-state index in [0.29, 0.717) is 10.5 Å². The second-order valence-electron chi connectivity index (χ2n) is 4.18. The van der Waals surface area contributed by atoms with E-state index in [1.165, 1.54) is 6.07 Å². The van der Waals surface area contributed by atoms with Gasteiger partial charge in [-0.25, -0.2) is 4.28 Å². The fourth-order valence-electron chi connectivity index (χ4n) is 1.74. The lowest BCUT2D eigenvalue weighted by Gasteiger charge is -2.21. The molecule has 1 rings (SSSR count). The number of hydrogen-bond donors (Lipinski definition) is 3. The molecule has 1 aromatic heterocycles. The van der Waals surface area contributed by atoms with Gasteiger partial charge >= 0.3 is 16.3 Å². The third kappa shape index (κ3) is 5.57. The van der Waals surface area contributed by atoms with Crippen molar-refractivity contribution < 1.29 is 27.5 Å². The van der Waals surface area contributed by atoms with Gasteiger partial charge in [-0.1, -0.05) is 18.8 Å². The summed E-state index contributed by atoms with van der Waals surface area (Å²) in [5.41, 5.74) is 11.3. The summed E-state index contributed by atoms with van der Waals surface area (Å²) >= 11 is 0. The largest absolute Gasteiger partial charge is 0.870 e. The molecule has 0 aliphatic carbocycles. The molecular formula is C10H21N5O5S. The zero-order valence-corrected chi connectivity index (χ0v) is 12.7. The van der Waals surface area contributed by atoms with Crippen LogP contribution < -0.4 is 25.4 Å². The Bertz CT molecular complexity index is 536. The molecule has 0 aliphatic heterocycles. The van der Waals surface area contributed by atoms with Crippen LogP contribution in [0.3, 0.4) is 0 Å². The Labute approximate surface area is 123 Å². The average Bonchev–Trinajstić information content (AvgIpc) is 2.32. The molecule has 0 fully saturated rings. The van der Waals surface area contributed by atoms with E-state index in [1.807, 2.05) is 18.7 Å². The minimum atomic E-state index is -4.73. The van der Waals surface area contributed by atoms with Crippen LogP contribution in [0.1, 0.15) is 26.7 Å². The van der Waals surface area contributed by atoms with Crippen LogP contribution in [0.4, 0.5) is 17.6 Å². The van der Waals surface area contributed by atoms with Gasteiger partial charge in [0.1, 0.15) is 0 Å². The first kappa shape index (κ1) is 19.1. The molecule has 0 unspecified atom stereocenters. The minimum Gasteiger partial charge on any atom is -0.870 e. The number of rotatable bonds is 7. The van der Waals surface area contributed by atoms with Gasteiger partial charge in [-0.05, 0) is 17.6 Å². The van der Waals surface area contributed by atoms with Gasteiger partial charge in [-0.3, -0.25) is 4.55 Å². The number of nitrogen functional groups attached to an aromatic ring is 2. The van der Waals surface area contributed by atoms with Crippen molar-refractivity contribution in [3.63, 3.8) is 0 Å². The van der Waals surface area contributed by atoms with Gasteiger partial charge in [0.15, 0.2) is 5.82 Å². The summed E-state index contributed by atoms with van der Waals surface area (Å²) in [5, 5.41) is 0. The van der Waals surface area contributed by atoms with Crippen LogP contribution in [-0.2, 0) is 10.4 Å². The third-order valence-corrected chi connectivity index (χ3v) is 2.77. The van der Waals surface area contributed by atoms with Crippen molar-refractivity contribution in [3.05, 3.63) is 6.07 Å². The van der Waals surface area contributed by atoms with E-state index in [-0.39, 0.29) is 17.2 Å². The molecule has 1 aromatic rings. The monoisotopic (exact) mass is 323 g/mol. The number of nitrogens with two attached hydrogens (primary N) is 2. The SMILES string of the molecule is CCCN(CCC)c1cc(N)[n+](OS(=O)(=O)O)c(N)n1.[OH-]. The molecule has 0 bridgehead atoms. The molecule has 0 aromatic carbocycles. The molecule has 11 heteroatoms. The lowest BCUT2D eigenvalue weighted by Crippen LogP contribution is -2.50. The highest BCUT2D eigenvalue weighted by atomic mass is 32.3. The summed E-state index contributed by atoms with van der Waals surface area (Å²) in [6.45, 7) is 5.59. The van der Waals surface area contributed by atoms with Crippen LogP contribution in [-0.4, -0.2) is 36.5 Å². The highest BCUT2D eigenvalue weighted by Gasteiger charge is 2.22. The van der Waals surface area contributed by atoms with Crippen LogP contribution in [0.2, 0.25) is 0 Å². The van der Waals surface area contributed by atoms with Crippen LogP contribution in [0.5, 0.6) is 0 Å². The Balaban J connectivity index is 0.00000400. The molecule has 0 saturated carbocycles. The summed E-state index contributed by atoms with van der Waals surface area (Å²) in [4.78, 5) is 6.02. The van der Waals surface area contributed by atoms with E-state index in [2.05, 4.69) is 9.27 Å². The first-order valence-electron chi connectivity index (χ1n) is 6.18. The molecule has 6 N–H and O–H groups in total. The van der Waals surface area contributed by atoms with Crippen molar-refractivity contribution in [1.82, 2.24) is 4.98 Å². The van der Waals surface area contributed by atoms with Crippen molar-refractivity contribution >= 4 is 28.0 Å². The van der Waals surface area contributed by atoms with Crippen molar-refractivity contribution in [3.8, 4) is 0 Å². The Morgan fingerprint density at radius 3 is 2.24 bits per heavy atom. The molecule has 0 saturated heterocycles. The predicted molar refractivity (Wildman–Crippen MR) is 76.1 cm³/mol. The van der Waals surface area contributed by atoms with Gasteiger partial charge < -0.3 is 21.8 Å². The normalized spacial score (nSPS) is 10.8. The molecule has 122 valence electrons. The smallest absolute Gasteiger partial charge is 0.474 e. The third-order valence-electron chi connectivity index (χ3n) is 2.43. The lowest BCUT2D eigenvalue weighted by molar-refractivity contribution is -0.835. The summed E-state index contributed by atoms with van der Waals surface area (Å²) in [5.74, 6) is 0.177. The minimum absolute atomic E-state index is 0. The quantitative estimate of drug-likeness (QED) is 0.430. The van der Waals surface area contributed by atoms with E-state index in [9.17, 15) is 8.42 Å². The zero-order chi connectivity index (χ0) is 15.3. The lowest BCUT2D eigenvalue weighted by atomic mass is 10.3. The standard InChI is InChI=1S/C10H19N5O4S.H2O/c1-3-5-14(6-4-2)9-7-8(11)15(10(12)13-9)19-20(16,17)18;/h7H,3-6H2,1-2H3,(H4,11,12,13,16,17,18);1H2. The molecule has 0 spiro atoms. The Morgan fingerprint density at radius 1 is 1.33 bits per heavy atom. The fraction of sp³-hybridized carbons (Fsp3) is 0.600. The van der Waals surface area contributed by atoms with Crippen LogP contribution in [0.15, 0.2) is 6.07 Å². The maximum atomic E-state index is 10.7. The second-order valence-corrected chi connectivity index (χ2v) is 5.19. The molecule has 1 heterocycles. The average molecular weight is 323 g/mol. The molecule has 0 atom stereocenters. The summed E-state index contributed by atoms with van der Waals surface area (Å²) in [7, 11) is -4.73. The maximum Gasteiger partial charge on any atom is 0.474 e. The number of anilines is 3. The summed E-state index contributed by atoms with van der Waals surface area (Å²) in [6, 6.07) is 1.44. The highest BCUT2D eigenvalue weighted by Crippen LogP contribution is 2.14. The highest BCUT2D eigenvalue weighted by molar-refractivity contribution is 7.80. The van der Waals surface area contributed by atoms with E-state index >= 15 is 0 Å². The van der Waals surface area contributed by atoms with E-state index in [1.54, 1.807) is 0 Å². The number of nitrogens with zero attached hydrogens (tertiary/aromatic N) is 3. The Hall–Kier alpha value is -1.85. The van der Waals surface area contributed by atoms with Crippen molar-refractivity contribution in [1.29, 1.82) is 0 Å². The van der Waals surface area contributed by atoms with Gasteiger partial charge in [0.05, 0.1) is 6.07 Å². The summed E-state index contributed by atoms with van der Waals surface area (Å²) < 4.78 is 34.8. The fourth-order valence-corrected chi connectivity index (χ4v) is 2.09. The first-order chi connectivity index (χ1) is 9.28. The van der Waals surface area contributed by atoms with Gasteiger partial charge in [0.2, 0.25) is 5.82 Å². The predicted octanol–water partition coefficient (Wildman–Crippen LogP) is -0.785. The van der Waals surface area contributed by atoms with Gasteiger partial charge in [0.25, 0.3) is 0 Å². The van der Waals surface area contributed by atoms with E-state index < -0.39 is 10.4 Å². The zero-order valence-electron chi connectivity index (χ0n) is 11.9. The van der Waals surface area contributed by atoms with E-state index in [0.717, 1.165) is 25.9 Å². The molecule has 0 amide bonds. The van der Waals surface area contributed by atoms with Gasteiger partial charge in [-0.2, -0.15) is 8.42 Å². The van der Waals surface area contributed by atoms with Crippen LogP contribution >= 0.6 is 0 Å². The molecule has 0 radical (unpaired) electrons. The van der Waals surface area contributed by atoms with Crippen molar-refractivity contribution in [2.75, 3.05) is 29.5 Å². The molecular weight excluding hydrogens is 302 g/mol. The molecule has 21 heavy (non-hydrogen) atoms. The van der Waals surface area contributed by atoms with Crippen LogP contribution in [0.25, 0.3) is 0 Å². The maximum absolute atomic E-state index is 10.7. The molecule has 0 aliphatic rings. The Kier molecular flexibility index (Phi) is 7.12. The number of aromatic nitrogens is 2. The van der Waals surface area contributed by atoms with Crippen molar-refractivity contribution in [2.24, 2.45) is 0 Å². The second kappa shape index (κ2) is 7.81. The van der Waals surface area contributed by atoms with Gasteiger partial charge in [-0.15, -0.1) is 0 Å². The van der Waals surface area contributed by atoms with E-state index in [4.69, 9.17) is 16.0 Å². The Morgan fingerprint density at radius 2 is 1.86 bits per heavy atom. The van der Waals surface area contributed by atoms with Crippen molar-refractivity contribution in [2.45, 2.75) is 26.7 Å². The molecule has 10 nitrogen and oxygen atoms in total. The van der Waals surface area contributed by atoms with Crippen LogP contribution in [0, 0.1) is 0 Å². The number of hydrogen-bond acceptors (Lipinski definition) is 8. The summed E-state index contributed by atoms with van der Waals surface area (Å²) in [6.07, 6.45) is 1.83. The topological polar surface area (TPSA) is 166 Å². The first-order valence-corrected chi connectivity index (χ1v) is 7.55.